The van der Waals surface area contributed by atoms with E-state index in [0.29, 0.717) is 6.04 Å². The summed E-state index contributed by atoms with van der Waals surface area (Å²) in [5.41, 5.74) is 2.73. The minimum absolute atomic E-state index is 0.270. The monoisotopic (exact) mass is 205 g/mol. The Balaban J connectivity index is 2.21. The standard InChI is InChI=1S/C13H19NO/c1-3-8-14-13-10(2)15-9-11-6-4-5-7-12(11)13/h4-7,10,13-14H,3,8-9H2,1-2H3. The van der Waals surface area contributed by atoms with Gasteiger partial charge in [-0.3, -0.25) is 0 Å². The van der Waals surface area contributed by atoms with E-state index in [-0.39, 0.29) is 6.10 Å². The van der Waals surface area contributed by atoms with Gasteiger partial charge in [-0.15, -0.1) is 0 Å². The zero-order chi connectivity index (χ0) is 10.7. The summed E-state index contributed by atoms with van der Waals surface area (Å²) in [6.07, 6.45) is 1.43. The van der Waals surface area contributed by atoms with Crippen LogP contribution in [0.3, 0.4) is 0 Å². The Kier molecular flexibility index (Phi) is 3.39. The first-order chi connectivity index (χ1) is 7.33. The highest BCUT2D eigenvalue weighted by Crippen LogP contribution is 2.28. The van der Waals surface area contributed by atoms with Gasteiger partial charge in [0, 0.05) is 0 Å². The molecule has 1 aliphatic heterocycles. The molecule has 0 spiro atoms. The molecule has 2 rings (SSSR count). The van der Waals surface area contributed by atoms with E-state index in [2.05, 4.69) is 43.4 Å². The summed E-state index contributed by atoms with van der Waals surface area (Å²) in [5.74, 6) is 0. The van der Waals surface area contributed by atoms with E-state index in [1.807, 2.05) is 0 Å². The molecule has 2 heteroatoms. The Hall–Kier alpha value is -0.860. The van der Waals surface area contributed by atoms with Crippen LogP contribution in [0.1, 0.15) is 37.4 Å². The van der Waals surface area contributed by atoms with Crippen molar-refractivity contribution in [2.45, 2.75) is 39.0 Å². The highest BCUT2D eigenvalue weighted by Gasteiger charge is 2.25. The molecule has 0 saturated heterocycles. The first kappa shape index (κ1) is 10.7. The van der Waals surface area contributed by atoms with E-state index in [0.717, 1.165) is 19.6 Å². The summed E-state index contributed by atoms with van der Waals surface area (Å²) in [5, 5.41) is 3.55. The minimum Gasteiger partial charge on any atom is -0.372 e. The van der Waals surface area contributed by atoms with Crippen molar-refractivity contribution in [2.24, 2.45) is 0 Å². The Bertz CT molecular complexity index is 324. The second kappa shape index (κ2) is 4.77. The molecule has 15 heavy (non-hydrogen) atoms. The molecule has 2 unspecified atom stereocenters. The van der Waals surface area contributed by atoms with Crippen molar-refractivity contribution in [1.82, 2.24) is 5.32 Å². The maximum absolute atomic E-state index is 5.75. The summed E-state index contributed by atoms with van der Waals surface area (Å²) in [4.78, 5) is 0. The van der Waals surface area contributed by atoms with Gasteiger partial charge in [0.05, 0.1) is 18.8 Å². The van der Waals surface area contributed by atoms with Crippen LogP contribution >= 0.6 is 0 Å². The Morgan fingerprint density at radius 1 is 1.40 bits per heavy atom. The number of fused-ring (bicyclic) bond motifs is 1. The molecule has 0 amide bonds. The highest BCUT2D eigenvalue weighted by atomic mass is 16.5. The van der Waals surface area contributed by atoms with Crippen molar-refractivity contribution in [1.29, 1.82) is 0 Å². The summed E-state index contributed by atoms with van der Waals surface area (Å²) < 4.78 is 5.75. The first-order valence-electron chi connectivity index (χ1n) is 5.75. The van der Waals surface area contributed by atoms with Crippen LogP contribution in [0.25, 0.3) is 0 Å². The van der Waals surface area contributed by atoms with E-state index < -0.39 is 0 Å². The van der Waals surface area contributed by atoms with Gasteiger partial charge in [0.25, 0.3) is 0 Å². The molecule has 1 aliphatic rings. The van der Waals surface area contributed by atoms with Crippen LogP contribution in [0.4, 0.5) is 0 Å². The predicted octanol–water partition coefficient (Wildman–Crippen LogP) is 2.65. The summed E-state index contributed by atoms with van der Waals surface area (Å²) in [7, 11) is 0. The van der Waals surface area contributed by atoms with Crippen LogP contribution in [0.2, 0.25) is 0 Å². The van der Waals surface area contributed by atoms with E-state index in [4.69, 9.17) is 4.74 Å². The molecule has 1 aromatic carbocycles. The van der Waals surface area contributed by atoms with Gasteiger partial charge >= 0.3 is 0 Å². The molecule has 0 saturated carbocycles. The van der Waals surface area contributed by atoms with E-state index in [1.54, 1.807) is 0 Å². The molecule has 0 radical (unpaired) electrons. The van der Waals surface area contributed by atoms with Crippen LogP contribution < -0.4 is 5.32 Å². The molecule has 0 aliphatic carbocycles. The largest absolute Gasteiger partial charge is 0.372 e. The third-order valence-electron chi connectivity index (χ3n) is 2.98. The highest BCUT2D eigenvalue weighted by molar-refractivity contribution is 5.31. The molecule has 82 valence electrons. The lowest BCUT2D eigenvalue weighted by Gasteiger charge is -2.32. The number of ether oxygens (including phenoxy) is 1. The van der Waals surface area contributed by atoms with Crippen molar-refractivity contribution in [3.63, 3.8) is 0 Å². The van der Waals surface area contributed by atoms with Gasteiger partial charge in [0.2, 0.25) is 0 Å². The topological polar surface area (TPSA) is 21.3 Å². The first-order valence-corrected chi connectivity index (χ1v) is 5.75. The number of nitrogens with one attached hydrogen (secondary N) is 1. The Morgan fingerprint density at radius 3 is 3.00 bits per heavy atom. The SMILES string of the molecule is CCCNC1c2ccccc2COC1C. The smallest absolute Gasteiger partial charge is 0.0746 e. The second-order valence-corrected chi connectivity index (χ2v) is 4.15. The molecule has 1 N–H and O–H groups in total. The van der Waals surface area contributed by atoms with Crippen LogP contribution in [0.5, 0.6) is 0 Å². The average Bonchev–Trinajstić information content (AvgIpc) is 2.28. The van der Waals surface area contributed by atoms with Crippen LogP contribution in [-0.2, 0) is 11.3 Å². The van der Waals surface area contributed by atoms with Gasteiger partial charge in [-0.1, -0.05) is 31.2 Å². The molecular formula is C13H19NO. The average molecular weight is 205 g/mol. The molecule has 1 heterocycles. The third-order valence-corrected chi connectivity index (χ3v) is 2.98. The lowest BCUT2D eigenvalue weighted by molar-refractivity contribution is 0.0116. The molecule has 0 aromatic heterocycles. The molecule has 1 aromatic rings. The maximum atomic E-state index is 5.75. The van der Waals surface area contributed by atoms with Crippen molar-refractivity contribution in [2.75, 3.05) is 6.54 Å². The fourth-order valence-electron chi connectivity index (χ4n) is 2.12. The molecule has 0 fully saturated rings. The van der Waals surface area contributed by atoms with Crippen LogP contribution in [0.15, 0.2) is 24.3 Å². The van der Waals surface area contributed by atoms with Gasteiger partial charge in [0.15, 0.2) is 0 Å². The predicted molar refractivity (Wildman–Crippen MR) is 61.7 cm³/mol. The van der Waals surface area contributed by atoms with E-state index in [9.17, 15) is 0 Å². The van der Waals surface area contributed by atoms with Crippen molar-refractivity contribution < 1.29 is 4.74 Å². The maximum Gasteiger partial charge on any atom is 0.0746 e. The lowest BCUT2D eigenvalue weighted by Crippen LogP contribution is -2.36. The zero-order valence-electron chi connectivity index (χ0n) is 9.49. The van der Waals surface area contributed by atoms with Crippen LogP contribution in [0, 0.1) is 0 Å². The van der Waals surface area contributed by atoms with Crippen molar-refractivity contribution in [3.8, 4) is 0 Å². The van der Waals surface area contributed by atoms with E-state index >= 15 is 0 Å². The number of hydrogen-bond acceptors (Lipinski definition) is 2. The van der Waals surface area contributed by atoms with Gasteiger partial charge in [0.1, 0.15) is 0 Å². The summed E-state index contributed by atoms with van der Waals surface area (Å²) >= 11 is 0. The fourth-order valence-corrected chi connectivity index (χ4v) is 2.12. The Labute approximate surface area is 91.6 Å². The van der Waals surface area contributed by atoms with E-state index in [1.165, 1.54) is 11.1 Å². The zero-order valence-corrected chi connectivity index (χ0v) is 9.49. The van der Waals surface area contributed by atoms with Gasteiger partial charge in [-0.25, -0.2) is 0 Å². The second-order valence-electron chi connectivity index (χ2n) is 4.15. The molecule has 2 atom stereocenters. The lowest BCUT2D eigenvalue weighted by atomic mass is 9.94. The normalized spacial score (nSPS) is 24.9. The fraction of sp³-hybridized carbons (Fsp3) is 0.538. The number of benzene rings is 1. The third kappa shape index (κ3) is 2.21. The molecular weight excluding hydrogens is 186 g/mol. The van der Waals surface area contributed by atoms with Crippen LogP contribution in [-0.4, -0.2) is 12.6 Å². The van der Waals surface area contributed by atoms with Crippen molar-refractivity contribution >= 4 is 0 Å². The van der Waals surface area contributed by atoms with Gasteiger partial charge in [-0.2, -0.15) is 0 Å². The molecule has 0 bridgehead atoms. The summed E-state index contributed by atoms with van der Waals surface area (Å²) in [6.45, 7) is 6.13. The number of rotatable bonds is 3. The van der Waals surface area contributed by atoms with Gasteiger partial charge < -0.3 is 10.1 Å². The Morgan fingerprint density at radius 2 is 2.20 bits per heavy atom. The minimum atomic E-state index is 0.270. The van der Waals surface area contributed by atoms with Gasteiger partial charge in [-0.05, 0) is 31.0 Å². The quantitative estimate of drug-likeness (QED) is 0.819. The summed E-state index contributed by atoms with van der Waals surface area (Å²) in [6, 6.07) is 8.91. The molecule has 2 nitrogen and oxygen atoms in total. The van der Waals surface area contributed by atoms with Crippen molar-refractivity contribution in [3.05, 3.63) is 35.4 Å². The number of hydrogen-bond donors (Lipinski definition) is 1.